The highest BCUT2D eigenvalue weighted by Gasteiger charge is 2.24. The zero-order valence-corrected chi connectivity index (χ0v) is 16.0. The molecule has 0 fully saturated rings. The number of hydrogen-bond acceptors (Lipinski definition) is 7. The number of ether oxygens (including phenoxy) is 2. The number of esters is 1. The highest BCUT2D eigenvalue weighted by Crippen LogP contribution is 2.36. The molecule has 7 nitrogen and oxygen atoms in total. The normalized spacial score (nSPS) is 14.0. The van der Waals surface area contributed by atoms with E-state index in [0.29, 0.717) is 31.0 Å². The molecule has 0 amide bonds. The van der Waals surface area contributed by atoms with Crippen LogP contribution < -0.4 is 10.4 Å². The van der Waals surface area contributed by atoms with E-state index in [2.05, 4.69) is 4.90 Å². The van der Waals surface area contributed by atoms with Gasteiger partial charge >= 0.3 is 11.6 Å². The van der Waals surface area contributed by atoms with Crippen LogP contribution in [0.1, 0.15) is 28.0 Å². The Hall–Kier alpha value is -3.06. The van der Waals surface area contributed by atoms with Crippen LogP contribution in [0.4, 0.5) is 0 Å². The number of benzene rings is 1. The van der Waals surface area contributed by atoms with E-state index >= 15 is 0 Å². The van der Waals surface area contributed by atoms with E-state index < -0.39 is 11.6 Å². The van der Waals surface area contributed by atoms with Crippen LogP contribution in [0.2, 0.25) is 0 Å². The van der Waals surface area contributed by atoms with Crippen LogP contribution in [-0.2, 0) is 29.0 Å². The first-order valence-corrected chi connectivity index (χ1v) is 9.01. The number of furan rings is 1. The zero-order chi connectivity index (χ0) is 19.8. The summed E-state index contributed by atoms with van der Waals surface area (Å²) in [4.78, 5) is 26.2. The minimum absolute atomic E-state index is 0.113. The molecule has 28 heavy (non-hydrogen) atoms. The van der Waals surface area contributed by atoms with Gasteiger partial charge in [0.1, 0.15) is 23.8 Å². The molecular formula is C21H21NO6. The molecule has 0 spiro atoms. The third-order valence-corrected chi connectivity index (χ3v) is 5.13. The fourth-order valence-electron chi connectivity index (χ4n) is 3.64. The Bertz CT molecular complexity index is 1100. The highest BCUT2D eigenvalue weighted by atomic mass is 16.5. The van der Waals surface area contributed by atoms with Crippen LogP contribution >= 0.6 is 0 Å². The molecular weight excluding hydrogens is 362 g/mol. The molecule has 7 heteroatoms. The van der Waals surface area contributed by atoms with E-state index in [4.69, 9.17) is 18.3 Å². The first kappa shape index (κ1) is 18.3. The van der Waals surface area contributed by atoms with E-state index in [1.54, 1.807) is 6.26 Å². The van der Waals surface area contributed by atoms with Crippen molar-refractivity contribution < 1.29 is 23.1 Å². The summed E-state index contributed by atoms with van der Waals surface area (Å²) in [5, 5.41) is 0.804. The van der Waals surface area contributed by atoms with Crippen LogP contribution in [0, 0.1) is 13.8 Å². The first-order chi connectivity index (χ1) is 13.5. The van der Waals surface area contributed by atoms with E-state index in [0.717, 1.165) is 33.6 Å². The molecule has 4 rings (SSSR count). The second kappa shape index (κ2) is 7.16. The van der Waals surface area contributed by atoms with Crippen molar-refractivity contribution in [2.24, 2.45) is 0 Å². The average Bonchev–Trinajstić information content (AvgIpc) is 3.19. The average molecular weight is 383 g/mol. The third-order valence-electron chi connectivity index (χ3n) is 5.13. The van der Waals surface area contributed by atoms with Gasteiger partial charge in [0.25, 0.3) is 0 Å². The van der Waals surface area contributed by atoms with Crippen molar-refractivity contribution in [3.8, 4) is 5.75 Å². The van der Waals surface area contributed by atoms with Gasteiger partial charge in [-0.1, -0.05) is 0 Å². The number of carbonyl (C=O) groups excluding carboxylic acids is 1. The predicted octanol–water partition coefficient (Wildman–Crippen LogP) is 3.07. The molecule has 0 saturated carbocycles. The van der Waals surface area contributed by atoms with Crippen molar-refractivity contribution in [1.29, 1.82) is 0 Å². The molecule has 0 N–H and O–H groups in total. The SMILES string of the molecule is COC(=O)Cc1c(C)c2cc3c(c(C)c2oc1=O)OCN(Cc1ccco1)C3. The van der Waals surface area contributed by atoms with Crippen LogP contribution in [0.5, 0.6) is 5.75 Å². The molecule has 1 aromatic carbocycles. The second-order valence-corrected chi connectivity index (χ2v) is 6.95. The van der Waals surface area contributed by atoms with Crippen LogP contribution in [0.15, 0.2) is 38.1 Å². The molecule has 0 saturated heterocycles. The van der Waals surface area contributed by atoms with Crippen LogP contribution in [0.25, 0.3) is 11.0 Å². The van der Waals surface area contributed by atoms with Crippen molar-refractivity contribution >= 4 is 16.9 Å². The van der Waals surface area contributed by atoms with Gasteiger partial charge in [-0.3, -0.25) is 9.69 Å². The summed E-state index contributed by atoms with van der Waals surface area (Å²) >= 11 is 0. The van der Waals surface area contributed by atoms with Gasteiger partial charge in [0, 0.05) is 23.1 Å². The number of carbonyl (C=O) groups is 1. The number of hydrogen-bond donors (Lipinski definition) is 0. The Morgan fingerprint density at radius 3 is 2.82 bits per heavy atom. The fraction of sp³-hybridized carbons (Fsp3) is 0.333. The van der Waals surface area contributed by atoms with Crippen molar-refractivity contribution in [1.82, 2.24) is 4.90 Å². The molecule has 0 aliphatic carbocycles. The Labute approximate surface area is 161 Å². The van der Waals surface area contributed by atoms with Gasteiger partial charge in [-0.05, 0) is 37.6 Å². The topological polar surface area (TPSA) is 82.1 Å². The Morgan fingerprint density at radius 2 is 2.11 bits per heavy atom. The van der Waals surface area contributed by atoms with Crippen molar-refractivity contribution in [2.45, 2.75) is 33.4 Å². The third kappa shape index (κ3) is 3.18. The Kier molecular flexibility index (Phi) is 4.68. The first-order valence-electron chi connectivity index (χ1n) is 9.01. The summed E-state index contributed by atoms with van der Waals surface area (Å²) in [5.74, 6) is 1.14. The molecule has 0 unspecified atom stereocenters. The molecule has 0 bridgehead atoms. The smallest absolute Gasteiger partial charge is 0.340 e. The van der Waals surface area contributed by atoms with E-state index in [-0.39, 0.29) is 6.42 Å². The summed E-state index contributed by atoms with van der Waals surface area (Å²) in [5.41, 5.74) is 2.82. The lowest BCUT2D eigenvalue weighted by molar-refractivity contribution is -0.139. The molecule has 1 aliphatic heterocycles. The fourth-order valence-corrected chi connectivity index (χ4v) is 3.64. The Morgan fingerprint density at radius 1 is 1.29 bits per heavy atom. The largest absolute Gasteiger partial charge is 0.477 e. The number of methoxy groups -OCH3 is 1. The standard InChI is InChI=1S/C21H21NO6/c1-12-16-7-14-9-22(10-15-5-4-6-26-15)11-27-19(14)13(2)20(16)28-21(24)17(12)8-18(23)25-3/h4-7H,8-11H2,1-3H3. The minimum atomic E-state index is -0.520. The summed E-state index contributed by atoms with van der Waals surface area (Å²) in [6, 6.07) is 5.77. The van der Waals surface area contributed by atoms with E-state index in [9.17, 15) is 9.59 Å². The molecule has 1 aliphatic rings. The van der Waals surface area contributed by atoms with E-state index in [1.807, 2.05) is 32.0 Å². The van der Waals surface area contributed by atoms with Gasteiger partial charge in [0.05, 0.1) is 31.9 Å². The number of fused-ring (bicyclic) bond motifs is 2. The molecule has 0 radical (unpaired) electrons. The van der Waals surface area contributed by atoms with Crippen LogP contribution in [-0.4, -0.2) is 24.7 Å². The monoisotopic (exact) mass is 383 g/mol. The lowest BCUT2D eigenvalue weighted by Crippen LogP contribution is -2.31. The second-order valence-electron chi connectivity index (χ2n) is 6.95. The molecule has 3 heterocycles. The van der Waals surface area contributed by atoms with Gasteiger partial charge in [-0.25, -0.2) is 4.79 Å². The van der Waals surface area contributed by atoms with Gasteiger partial charge in [0.2, 0.25) is 0 Å². The summed E-state index contributed by atoms with van der Waals surface area (Å²) in [6.45, 7) is 5.45. The van der Waals surface area contributed by atoms with Crippen LogP contribution in [0.3, 0.4) is 0 Å². The maximum Gasteiger partial charge on any atom is 0.340 e. The zero-order valence-electron chi connectivity index (χ0n) is 16.0. The van der Waals surface area contributed by atoms with Gasteiger partial charge in [-0.2, -0.15) is 0 Å². The molecule has 2 aromatic heterocycles. The molecule has 0 atom stereocenters. The van der Waals surface area contributed by atoms with Crippen molar-refractivity contribution in [3.63, 3.8) is 0 Å². The van der Waals surface area contributed by atoms with Crippen molar-refractivity contribution in [3.05, 3.63) is 62.9 Å². The highest BCUT2D eigenvalue weighted by molar-refractivity contribution is 5.88. The quantitative estimate of drug-likeness (QED) is 0.506. The lowest BCUT2D eigenvalue weighted by atomic mass is 9.98. The minimum Gasteiger partial charge on any atom is -0.477 e. The molecule has 3 aromatic rings. The Balaban J connectivity index is 1.76. The number of aryl methyl sites for hydroxylation is 2. The summed E-state index contributed by atoms with van der Waals surface area (Å²) < 4.78 is 21.6. The van der Waals surface area contributed by atoms with Crippen molar-refractivity contribution in [2.75, 3.05) is 13.8 Å². The molecule has 146 valence electrons. The van der Waals surface area contributed by atoms with Gasteiger partial charge < -0.3 is 18.3 Å². The number of nitrogens with zero attached hydrogens (tertiary/aromatic N) is 1. The van der Waals surface area contributed by atoms with Gasteiger partial charge in [0.15, 0.2) is 0 Å². The lowest BCUT2D eigenvalue weighted by Gasteiger charge is -2.29. The maximum absolute atomic E-state index is 12.4. The number of rotatable bonds is 4. The van der Waals surface area contributed by atoms with Gasteiger partial charge in [-0.15, -0.1) is 0 Å². The summed E-state index contributed by atoms with van der Waals surface area (Å²) in [6.07, 6.45) is 1.54. The summed E-state index contributed by atoms with van der Waals surface area (Å²) in [7, 11) is 1.30. The maximum atomic E-state index is 12.4. The predicted molar refractivity (Wildman–Crippen MR) is 101 cm³/mol. The van der Waals surface area contributed by atoms with E-state index in [1.165, 1.54) is 7.11 Å².